The van der Waals surface area contributed by atoms with Crippen molar-refractivity contribution in [2.75, 3.05) is 19.0 Å². The summed E-state index contributed by atoms with van der Waals surface area (Å²) >= 11 is 6.87. The maximum atomic E-state index is 13.0. The number of aryl methyl sites for hydroxylation is 1. The summed E-state index contributed by atoms with van der Waals surface area (Å²) in [7, 11) is 1.54. The average molecular weight is 497 g/mol. The Balaban J connectivity index is 1.41. The highest BCUT2D eigenvalue weighted by Gasteiger charge is 2.37. The van der Waals surface area contributed by atoms with Crippen molar-refractivity contribution in [1.29, 1.82) is 0 Å². The van der Waals surface area contributed by atoms with E-state index in [2.05, 4.69) is 5.32 Å². The van der Waals surface area contributed by atoms with Gasteiger partial charge in [-0.05, 0) is 55.7 Å². The Kier molecular flexibility index (Phi) is 7.90. The molecule has 1 N–H and O–H groups in total. The minimum absolute atomic E-state index is 0.0195. The third-order valence-electron chi connectivity index (χ3n) is 5.94. The molecule has 0 unspecified atom stereocenters. The highest BCUT2D eigenvalue weighted by atomic mass is 32.2. The summed E-state index contributed by atoms with van der Waals surface area (Å²) in [5.41, 5.74) is 2.64. The Morgan fingerprint density at radius 1 is 1.15 bits per heavy atom. The zero-order valence-corrected chi connectivity index (χ0v) is 21.0. The minimum atomic E-state index is -0.263. The SMILES string of the molecule is COc1cc(/C=C2\SC(=S)N(C3CCCCC3)C2=O)ccc1OCC(=O)Nc1ccc(C)cc1. The van der Waals surface area contributed by atoms with Gasteiger partial charge in [-0.25, -0.2) is 0 Å². The number of carbonyl (C=O) groups is 2. The van der Waals surface area contributed by atoms with Crippen LogP contribution in [0.3, 0.4) is 0 Å². The van der Waals surface area contributed by atoms with Crippen molar-refractivity contribution >= 4 is 51.9 Å². The molecule has 0 aromatic heterocycles. The van der Waals surface area contributed by atoms with Crippen LogP contribution < -0.4 is 14.8 Å². The van der Waals surface area contributed by atoms with Gasteiger partial charge in [0.15, 0.2) is 18.1 Å². The Bertz CT molecular complexity index is 1110. The fourth-order valence-corrected chi connectivity index (χ4v) is 5.56. The van der Waals surface area contributed by atoms with E-state index in [0.717, 1.165) is 36.8 Å². The number of thioether (sulfide) groups is 1. The van der Waals surface area contributed by atoms with Gasteiger partial charge in [0, 0.05) is 11.7 Å². The molecule has 2 aliphatic rings. The lowest BCUT2D eigenvalue weighted by Gasteiger charge is -2.29. The molecule has 2 aromatic carbocycles. The molecular weight excluding hydrogens is 468 g/mol. The van der Waals surface area contributed by atoms with Crippen molar-refractivity contribution in [2.24, 2.45) is 0 Å². The van der Waals surface area contributed by atoms with Crippen LogP contribution in [0.2, 0.25) is 0 Å². The topological polar surface area (TPSA) is 67.9 Å². The van der Waals surface area contributed by atoms with E-state index in [4.69, 9.17) is 21.7 Å². The van der Waals surface area contributed by atoms with Gasteiger partial charge in [0.05, 0.1) is 12.0 Å². The normalized spacial score (nSPS) is 17.8. The average Bonchev–Trinajstić information content (AvgIpc) is 3.12. The summed E-state index contributed by atoms with van der Waals surface area (Å²) in [6.45, 7) is 1.84. The zero-order valence-electron chi connectivity index (χ0n) is 19.3. The predicted octanol–water partition coefficient (Wildman–Crippen LogP) is 5.56. The molecule has 6 nitrogen and oxygen atoms in total. The highest BCUT2D eigenvalue weighted by Crippen LogP contribution is 2.38. The maximum absolute atomic E-state index is 13.0. The number of hydrogen-bond acceptors (Lipinski definition) is 6. The molecule has 4 rings (SSSR count). The van der Waals surface area contributed by atoms with Gasteiger partial charge >= 0.3 is 0 Å². The second-order valence-corrected chi connectivity index (χ2v) is 10.1. The lowest BCUT2D eigenvalue weighted by molar-refractivity contribution is -0.124. The van der Waals surface area contributed by atoms with Crippen LogP contribution in [0.5, 0.6) is 11.5 Å². The molecule has 1 aliphatic heterocycles. The quantitative estimate of drug-likeness (QED) is 0.400. The molecule has 0 atom stereocenters. The second-order valence-electron chi connectivity index (χ2n) is 8.46. The van der Waals surface area contributed by atoms with Gasteiger partial charge < -0.3 is 14.8 Å². The lowest BCUT2D eigenvalue weighted by Crippen LogP contribution is -2.39. The molecule has 178 valence electrons. The van der Waals surface area contributed by atoms with E-state index in [9.17, 15) is 9.59 Å². The molecule has 1 saturated heterocycles. The first kappa shape index (κ1) is 24.3. The number of hydrogen-bond donors (Lipinski definition) is 1. The van der Waals surface area contributed by atoms with E-state index in [1.54, 1.807) is 24.1 Å². The summed E-state index contributed by atoms with van der Waals surface area (Å²) in [4.78, 5) is 27.7. The van der Waals surface area contributed by atoms with Crippen LogP contribution in [-0.4, -0.2) is 40.8 Å². The van der Waals surface area contributed by atoms with E-state index in [0.29, 0.717) is 26.4 Å². The smallest absolute Gasteiger partial charge is 0.266 e. The molecule has 1 saturated carbocycles. The molecule has 8 heteroatoms. The van der Waals surface area contributed by atoms with E-state index in [1.807, 2.05) is 43.3 Å². The first-order chi connectivity index (χ1) is 16.4. The number of amides is 2. The molecule has 2 amide bonds. The minimum Gasteiger partial charge on any atom is -0.493 e. The van der Waals surface area contributed by atoms with E-state index in [-0.39, 0.29) is 24.5 Å². The number of benzene rings is 2. The molecule has 2 aromatic rings. The summed E-state index contributed by atoms with van der Waals surface area (Å²) in [5, 5.41) is 2.81. The van der Waals surface area contributed by atoms with Gasteiger partial charge in [0.2, 0.25) is 0 Å². The van der Waals surface area contributed by atoms with Crippen LogP contribution in [-0.2, 0) is 9.59 Å². The number of ether oxygens (including phenoxy) is 2. The standard InChI is InChI=1S/C26H28N2O4S2/c1-17-8-11-19(12-9-17)27-24(29)16-32-21-13-10-18(14-22(21)31-2)15-23-25(30)28(26(33)34-23)20-6-4-3-5-7-20/h8-15,20H,3-7,16H2,1-2H3,(H,27,29)/b23-15-. The molecule has 0 bridgehead atoms. The molecule has 2 fully saturated rings. The van der Waals surface area contributed by atoms with E-state index >= 15 is 0 Å². The fourth-order valence-electron chi connectivity index (χ4n) is 4.16. The van der Waals surface area contributed by atoms with Crippen LogP contribution >= 0.6 is 24.0 Å². The van der Waals surface area contributed by atoms with Crippen LogP contribution in [0.1, 0.15) is 43.2 Å². The first-order valence-electron chi connectivity index (χ1n) is 11.4. The summed E-state index contributed by atoms with van der Waals surface area (Å²) < 4.78 is 11.8. The van der Waals surface area contributed by atoms with E-state index < -0.39 is 0 Å². The van der Waals surface area contributed by atoms with Crippen LogP contribution in [0.4, 0.5) is 5.69 Å². The summed E-state index contributed by atoms with van der Waals surface area (Å²) in [6, 6.07) is 13.1. The number of rotatable bonds is 7. The van der Waals surface area contributed by atoms with Gasteiger partial charge in [0.1, 0.15) is 4.32 Å². The van der Waals surface area contributed by atoms with Crippen LogP contribution in [0.15, 0.2) is 47.4 Å². The third-order valence-corrected chi connectivity index (χ3v) is 7.27. The van der Waals surface area contributed by atoms with Crippen molar-refractivity contribution in [3.63, 3.8) is 0 Å². The number of nitrogens with zero attached hydrogens (tertiary/aromatic N) is 1. The van der Waals surface area contributed by atoms with Crippen molar-refractivity contribution < 1.29 is 19.1 Å². The predicted molar refractivity (Wildman–Crippen MR) is 140 cm³/mol. The van der Waals surface area contributed by atoms with Gasteiger partial charge in [-0.1, -0.05) is 67.0 Å². The lowest BCUT2D eigenvalue weighted by atomic mass is 9.94. The number of thiocarbonyl (C=S) groups is 1. The monoisotopic (exact) mass is 496 g/mol. The fraction of sp³-hybridized carbons (Fsp3) is 0.346. The van der Waals surface area contributed by atoms with Crippen molar-refractivity contribution in [2.45, 2.75) is 45.1 Å². The Hall–Kier alpha value is -2.84. The van der Waals surface area contributed by atoms with Gasteiger partial charge in [-0.3, -0.25) is 14.5 Å². The molecule has 1 aliphatic carbocycles. The maximum Gasteiger partial charge on any atom is 0.266 e. The molecular formula is C26H28N2O4S2. The third kappa shape index (κ3) is 5.80. The Labute approximate surface area is 209 Å². The number of nitrogens with one attached hydrogen (secondary N) is 1. The van der Waals surface area contributed by atoms with E-state index in [1.165, 1.54) is 18.2 Å². The van der Waals surface area contributed by atoms with Crippen molar-refractivity contribution in [3.05, 3.63) is 58.5 Å². The first-order valence-corrected chi connectivity index (χ1v) is 12.6. The van der Waals surface area contributed by atoms with Crippen LogP contribution in [0.25, 0.3) is 6.08 Å². The second kappa shape index (κ2) is 11.1. The molecule has 1 heterocycles. The summed E-state index contributed by atoms with van der Waals surface area (Å²) in [6.07, 6.45) is 7.36. The number of methoxy groups -OCH3 is 1. The number of anilines is 1. The summed E-state index contributed by atoms with van der Waals surface area (Å²) in [5.74, 6) is 0.656. The van der Waals surface area contributed by atoms with Crippen molar-refractivity contribution in [3.8, 4) is 11.5 Å². The number of carbonyl (C=O) groups excluding carboxylic acids is 2. The Morgan fingerprint density at radius 2 is 1.88 bits per heavy atom. The Morgan fingerprint density at radius 3 is 2.59 bits per heavy atom. The van der Waals surface area contributed by atoms with Gasteiger partial charge in [-0.2, -0.15) is 0 Å². The zero-order chi connectivity index (χ0) is 24.1. The van der Waals surface area contributed by atoms with Crippen molar-refractivity contribution in [1.82, 2.24) is 4.90 Å². The molecule has 0 spiro atoms. The molecule has 34 heavy (non-hydrogen) atoms. The van der Waals surface area contributed by atoms with Gasteiger partial charge in [0.25, 0.3) is 11.8 Å². The van der Waals surface area contributed by atoms with Gasteiger partial charge in [-0.15, -0.1) is 0 Å². The van der Waals surface area contributed by atoms with Crippen LogP contribution in [0, 0.1) is 6.92 Å². The largest absolute Gasteiger partial charge is 0.493 e. The molecule has 0 radical (unpaired) electrons. The highest BCUT2D eigenvalue weighted by molar-refractivity contribution is 8.26.